The van der Waals surface area contributed by atoms with Gasteiger partial charge in [-0.15, -0.1) is 0 Å². The van der Waals surface area contributed by atoms with Crippen LogP contribution in [0.2, 0.25) is 0 Å². The first-order chi connectivity index (χ1) is 11.6. The average molecular weight is 324 g/mol. The number of hydrogen-bond donors (Lipinski definition) is 2. The minimum Gasteiger partial charge on any atom is -0.496 e. The second-order valence-electron chi connectivity index (χ2n) is 6.53. The average Bonchev–Trinajstić information content (AvgIpc) is 2.92. The molecule has 0 saturated heterocycles. The minimum atomic E-state index is -0.185. The van der Waals surface area contributed by atoms with Crippen molar-refractivity contribution in [1.82, 2.24) is 10.3 Å². The molecule has 0 spiro atoms. The van der Waals surface area contributed by atoms with Crippen LogP contribution >= 0.6 is 0 Å². The predicted octanol–water partition coefficient (Wildman–Crippen LogP) is 4.17. The molecule has 2 aromatic carbocycles. The molecule has 1 aliphatic rings. The lowest BCUT2D eigenvalue weighted by molar-refractivity contribution is 0.408. The van der Waals surface area contributed by atoms with Crippen LogP contribution in [0.4, 0.5) is 4.39 Å². The van der Waals surface area contributed by atoms with E-state index < -0.39 is 0 Å². The molecule has 0 fully saturated rings. The summed E-state index contributed by atoms with van der Waals surface area (Å²) in [6.45, 7) is 5.02. The standard InChI is InChI=1S/C20H21FN2O/c1-11-8-13(9-12(2)20(11)24-3)18-19-15(6-7-22-18)16-10-14(21)4-5-17(16)23-19/h4-5,8-10,18,22-23H,6-7H2,1-3H3. The Morgan fingerprint density at radius 1 is 1.12 bits per heavy atom. The lowest BCUT2D eigenvalue weighted by Crippen LogP contribution is -2.30. The largest absolute Gasteiger partial charge is 0.496 e. The minimum absolute atomic E-state index is 0.0903. The van der Waals surface area contributed by atoms with Gasteiger partial charge in [0, 0.05) is 23.1 Å². The molecular weight excluding hydrogens is 303 g/mol. The second kappa shape index (κ2) is 5.64. The third kappa shape index (κ3) is 2.29. The summed E-state index contributed by atoms with van der Waals surface area (Å²) in [4.78, 5) is 3.50. The van der Waals surface area contributed by atoms with Crippen molar-refractivity contribution in [2.45, 2.75) is 26.3 Å². The normalized spacial score (nSPS) is 17.1. The molecule has 1 unspecified atom stereocenters. The maximum atomic E-state index is 13.7. The number of H-pyrrole nitrogens is 1. The maximum absolute atomic E-state index is 13.7. The molecule has 124 valence electrons. The van der Waals surface area contributed by atoms with E-state index in [1.54, 1.807) is 13.2 Å². The van der Waals surface area contributed by atoms with E-state index in [0.29, 0.717) is 0 Å². The summed E-state index contributed by atoms with van der Waals surface area (Å²) in [5.74, 6) is 0.754. The molecule has 0 bridgehead atoms. The molecule has 4 rings (SSSR count). The number of nitrogens with one attached hydrogen (secondary N) is 2. The molecule has 2 heterocycles. The molecule has 0 saturated carbocycles. The molecule has 3 nitrogen and oxygen atoms in total. The van der Waals surface area contributed by atoms with Gasteiger partial charge in [-0.05, 0) is 60.7 Å². The Balaban J connectivity index is 1.87. The number of aryl methyl sites for hydroxylation is 2. The Bertz CT molecular complexity index is 906. The summed E-state index contributed by atoms with van der Waals surface area (Å²) in [5, 5.41) is 4.59. The van der Waals surface area contributed by atoms with E-state index in [2.05, 4.69) is 36.3 Å². The fraction of sp³-hybridized carbons (Fsp3) is 0.300. The molecule has 0 aliphatic carbocycles. The van der Waals surface area contributed by atoms with E-state index in [4.69, 9.17) is 4.74 Å². The lowest BCUT2D eigenvalue weighted by atomic mass is 9.92. The van der Waals surface area contributed by atoms with E-state index in [9.17, 15) is 4.39 Å². The number of ether oxygens (including phenoxy) is 1. The smallest absolute Gasteiger partial charge is 0.124 e. The van der Waals surface area contributed by atoms with Crippen LogP contribution in [-0.2, 0) is 6.42 Å². The lowest BCUT2D eigenvalue weighted by Gasteiger charge is -2.26. The van der Waals surface area contributed by atoms with Gasteiger partial charge in [0.15, 0.2) is 0 Å². The van der Waals surface area contributed by atoms with Crippen LogP contribution in [0.15, 0.2) is 30.3 Å². The molecule has 2 N–H and O–H groups in total. The van der Waals surface area contributed by atoms with Gasteiger partial charge in [0.2, 0.25) is 0 Å². The molecule has 1 aromatic heterocycles. The van der Waals surface area contributed by atoms with Crippen LogP contribution in [0.5, 0.6) is 5.75 Å². The Morgan fingerprint density at radius 2 is 1.88 bits per heavy atom. The number of benzene rings is 2. The molecule has 1 aliphatic heterocycles. The van der Waals surface area contributed by atoms with Crippen LogP contribution in [0.3, 0.4) is 0 Å². The van der Waals surface area contributed by atoms with Gasteiger partial charge in [0.05, 0.1) is 13.2 Å². The van der Waals surface area contributed by atoms with Gasteiger partial charge >= 0.3 is 0 Å². The molecule has 24 heavy (non-hydrogen) atoms. The molecule has 1 atom stereocenters. The van der Waals surface area contributed by atoms with Gasteiger partial charge in [-0.1, -0.05) is 12.1 Å². The first kappa shape index (κ1) is 15.2. The first-order valence-corrected chi connectivity index (χ1v) is 8.27. The number of methoxy groups -OCH3 is 1. The van der Waals surface area contributed by atoms with Gasteiger partial charge in [-0.2, -0.15) is 0 Å². The zero-order valence-electron chi connectivity index (χ0n) is 14.2. The molecule has 3 aromatic rings. The predicted molar refractivity (Wildman–Crippen MR) is 94.3 cm³/mol. The van der Waals surface area contributed by atoms with E-state index in [0.717, 1.165) is 46.4 Å². The maximum Gasteiger partial charge on any atom is 0.124 e. The van der Waals surface area contributed by atoms with Crippen LogP contribution in [0, 0.1) is 19.7 Å². The highest BCUT2D eigenvalue weighted by atomic mass is 19.1. The molecule has 0 amide bonds. The van der Waals surface area contributed by atoms with Crippen molar-refractivity contribution < 1.29 is 9.13 Å². The second-order valence-corrected chi connectivity index (χ2v) is 6.53. The monoisotopic (exact) mass is 324 g/mol. The summed E-state index contributed by atoms with van der Waals surface area (Å²) < 4.78 is 19.1. The highest BCUT2D eigenvalue weighted by Crippen LogP contribution is 2.36. The van der Waals surface area contributed by atoms with Crippen LogP contribution < -0.4 is 10.1 Å². The highest BCUT2D eigenvalue weighted by molar-refractivity contribution is 5.85. The van der Waals surface area contributed by atoms with Crippen LogP contribution in [-0.4, -0.2) is 18.6 Å². The first-order valence-electron chi connectivity index (χ1n) is 8.27. The number of aromatic nitrogens is 1. The van der Waals surface area contributed by atoms with Gasteiger partial charge in [-0.25, -0.2) is 4.39 Å². The van der Waals surface area contributed by atoms with Crippen molar-refractivity contribution in [3.63, 3.8) is 0 Å². The molecule has 0 radical (unpaired) electrons. The van der Waals surface area contributed by atoms with E-state index in [1.165, 1.54) is 17.2 Å². The fourth-order valence-electron chi connectivity index (χ4n) is 3.96. The number of hydrogen-bond acceptors (Lipinski definition) is 2. The van der Waals surface area contributed by atoms with Gasteiger partial charge in [-0.3, -0.25) is 0 Å². The fourth-order valence-corrected chi connectivity index (χ4v) is 3.96. The number of halogens is 1. The third-order valence-electron chi connectivity index (χ3n) is 4.93. The van der Waals surface area contributed by atoms with Crippen molar-refractivity contribution in [3.05, 3.63) is 64.1 Å². The summed E-state index contributed by atoms with van der Waals surface area (Å²) in [6.07, 6.45) is 0.906. The number of fused-ring (bicyclic) bond motifs is 3. The van der Waals surface area contributed by atoms with Crippen molar-refractivity contribution >= 4 is 10.9 Å². The summed E-state index contributed by atoms with van der Waals surface area (Å²) >= 11 is 0. The number of rotatable bonds is 2. The van der Waals surface area contributed by atoms with E-state index in [1.807, 2.05) is 6.07 Å². The van der Waals surface area contributed by atoms with Crippen molar-refractivity contribution in [3.8, 4) is 5.75 Å². The topological polar surface area (TPSA) is 37.0 Å². The zero-order chi connectivity index (χ0) is 16.8. The molecule has 4 heteroatoms. The van der Waals surface area contributed by atoms with Gasteiger partial charge in [0.1, 0.15) is 11.6 Å². The highest BCUT2D eigenvalue weighted by Gasteiger charge is 2.26. The van der Waals surface area contributed by atoms with Crippen LogP contribution in [0.1, 0.15) is 34.0 Å². The summed E-state index contributed by atoms with van der Waals surface area (Å²) in [7, 11) is 1.71. The summed E-state index contributed by atoms with van der Waals surface area (Å²) in [5.41, 5.74) is 6.83. The zero-order valence-corrected chi connectivity index (χ0v) is 14.2. The quantitative estimate of drug-likeness (QED) is 0.742. The van der Waals surface area contributed by atoms with Crippen LogP contribution in [0.25, 0.3) is 10.9 Å². The van der Waals surface area contributed by atoms with Gasteiger partial charge in [0.25, 0.3) is 0 Å². The van der Waals surface area contributed by atoms with E-state index in [-0.39, 0.29) is 11.9 Å². The summed E-state index contributed by atoms with van der Waals surface area (Å²) in [6, 6.07) is 9.40. The third-order valence-corrected chi connectivity index (χ3v) is 4.93. The van der Waals surface area contributed by atoms with Crippen molar-refractivity contribution in [2.75, 3.05) is 13.7 Å². The van der Waals surface area contributed by atoms with E-state index >= 15 is 0 Å². The molecular formula is C20H21FN2O. The SMILES string of the molecule is COc1c(C)cc(C2NCCc3c2[nH]c2ccc(F)cc32)cc1C. The Hall–Kier alpha value is -2.33. The number of aromatic amines is 1. The van der Waals surface area contributed by atoms with Gasteiger partial charge < -0.3 is 15.0 Å². The Kier molecular flexibility index (Phi) is 3.57. The van der Waals surface area contributed by atoms with Crippen molar-refractivity contribution in [2.24, 2.45) is 0 Å². The Labute approximate surface area is 140 Å². The Morgan fingerprint density at radius 3 is 2.58 bits per heavy atom. The van der Waals surface area contributed by atoms with Crippen molar-refractivity contribution in [1.29, 1.82) is 0 Å².